The van der Waals surface area contributed by atoms with Gasteiger partial charge in [-0.2, -0.15) is 0 Å². The minimum Gasteiger partial charge on any atom is -0.495 e. The van der Waals surface area contributed by atoms with Gasteiger partial charge in [-0.1, -0.05) is 11.6 Å². The molecule has 0 radical (unpaired) electrons. The van der Waals surface area contributed by atoms with Gasteiger partial charge in [-0.15, -0.1) is 0 Å². The Morgan fingerprint density at radius 2 is 2.32 bits per heavy atom. The van der Waals surface area contributed by atoms with Crippen LogP contribution in [0.1, 0.15) is 24.6 Å². The van der Waals surface area contributed by atoms with E-state index in [0.29, 0.717) is 16.8 Å². The molecule has 19 heavy (non-hydrogen) atoms. The van der Waals surface area contributed by atoms with E-state index in [1.165, 1.54) is 18.5 Å². The molecule has 0 atom stereocenters. The molecule has 0 unspecified atom stereocenters. The zero-order chi connectivity index (χ0) is 13.2. The van der Waals surface area contributed by atoms with E-state index >= 15 is 0 Å². The van der Waals surface area contributed by atoms with Crippen molar-refractivity contribution in [2.45, 2.75) is 25.4 Å². The maximum absolute atomic E-state index is 6.00. The molecule has 5 heteroatoms. The van der Waals surface area contributed by atoms with Gasteiger partial charge in [-0.05, 0) is 25.0 Å². The second-order valence-electron chi connectivity index (χ2n) is 4.73. The number of ether oxygens (including phenoxy) is 1. The molecule has 0 bridgehead atoms. The lowest BCUT2D eigenvalue weighted by molar-refractivity contribution is 0.415. The fraction of sp³-hybridized carbons (Fsp3) is 0.357. The van der Waals surface area contributed by atoms with Crippen LogP contribution < -0.4 is 10.1 Å². The molecule has 0 amide bonds. The molecule has 1 aromatic heterocycles. The number of halogens is 1. The standard InChI is InChI=1S/C14H16ClN3O/c1-19-14-6-10(2-5-13(14)15)17-8-12-7-16-9-18(12)11-3-4-11/h2,5-7,9,11,17H,3-4,8H2,1H3. The first kappa shape index (κ1) is 12.4. The number of rotatable bonds is 5. The van der Waals surface area contributed by atoms with Gasteiger partial charge < -0.3 is 14.6 Å². The van der Waals surface area contributed by atoms with Crippen LogP contribution in [0, 0.1) is 0 Å². The van der Waals surface area contributed by atoms with Gasteiger partial charge in [0.2, 0.25) is 0 Å². The Bertz CT molecular complexity index is 578. The van der Waals surface area contributed by atoms with E-state index < -0.39 is 0 Å². The smallest absolute Gasteiger partial charge is 0.139 e. The van der Waals surface area contributed by atoms with E-state index in [1.807, 2.05) is 30.7 Å². The second kappa shape index (κ2) is 5.13. The Balaban J connectivity index is 1.70. The molecule has 100 valence electrons. The van der Waals surface area contributed by atoms with Crippen molar-refractivity contribution in [2.24, 2.45) is 0 Å². The highest BCUT2D eigenvalue weighted by Gasteiger charge is 2.24. The predicted octanol–water partition coefficient (Wildman–Crippen LogP) is 3.49. The SMILES string of the molecule is COc1cc(NCc2cncn2C2CC2)ccc1Cl. The van der Waals surface area contributed by atoms with E-state index in [2.05, 4.69) is 14.9 Å². The van der Waals surface area contributed by atoms with Gasteiger partial charge in [0.1, 0.15) is 5.75 Å². The van der Waals surface area contributed by atoms with Crippen molar-refractivity contribution in [2.75, 3.05) is 12.4 Å². The largest absolute Gasteiger partial charge is 0.495 e. The average molecular weight is 278 g/mol. The zero-order valence-corrected chi connectivity index (χ0v) is 11.5. The van der Waals surface area contributed by atoms with Crippen LogP contribution >= 0.6 is 11.6 Å². The molecule has 1 saturated carbocycles. The van der Waals surface area contributed by atoms with Crippen LogP contribution in [0.3, 0.4) is 0 Å². The summed E-state index contributed by atoms with van der Waals surface area (Å²) >= 11 is 6.00. The summed E-state index contributed by atoms with van der Waals surface area (Å²) in [4.78, 5) is 4.22. The molecule has 0 saturated heterocycles. The Hall–Kier alpha value is -1.68. The molecule has 1 aliphatic rings. The number of hydrogen-bond acceptors (Lipinski definition) is 3. The Morgan fingerprint density at radius 3 is 3.05 bits per heavy atom. The third-order valence-corrected chi connectivity index (χ3v) is 3.62. The highest BCUT2D eigenvalue weighted by molar-refractivity contribution is 6.32. The number of methoxy groups -OCH3 is 1. The lowest BCUT2D eigenvalue weighted by atomic mass is 10.3. The summed E-state index contributed by atoms with van der Waals surface area (Å²) in [5, 5.41) is 3.99. The van der Waals surface area contributed by atoms with Crippen LogP contribution in [0.25, 0.3) is 0 Å². The third-order valence-electron chi connectivity index (χ3n) is 3.31. The summed E-state index contributed by atoms with van der Waals surface area (Å²) in [6.45, 7) is 0.751. The number of nitrogens with zero attached hydrogens (tertiary/aromatic N) is 2. The highest BCUT2D eigenvalue weighted by atomic mass is 35.5. The van der Waals surface area contributed by atoms with Gasteiger partial charge in [0.05, 0.1) is 30.7 Å². The second-order valence-corrected chi connectivity index (χ2v) is 5.13. The molecular formula is C14H16ClN3O. The average Bonchev–Trinajstić information content (AvgIpc) is 3.17. The van der Waals surface area contributed by atoms with Crippen LogP contribution in [-0.2, 0) is 6.54 Å². The number of nitrogens with one attached hydrogen (secondary N) is 1. The van der Waals surface area contributed by atoms with Crippen LogP contribution in [0.5, 0.6) is 5.75 Å². The van der Waals surface area contributed by atoms with E-state index in [9.17, 15) is 0 Å². The summed E-state index contributed by atoms with van der Waals surface area (Å²) < 4.78 is 7.46. The van der Waals surface area contributed by atoms with E-state index in [1.54, 1.807) is 7.11 Å². The van der Waals surface area contributed by atoms with Gasteiger partial charge >= 0.3 is 0 Å². The molecule has 3 rings (SSSR count). The summed E-state index contributed by atoms with van der Waals surface area (Å²) in [5.41, 5.74) is 2.20. The Labute approximate surface area is 117 Å². The molecule has 2 aromatic rings. The van der Waals surface area contributed by atoms with Gasteiger partial charge in [0.25, 0.3) is 0 Å². The van der Waals surface area contributed by atoms with Gasteiger partial charge in [0.15, 0.2) is 0 Å². The maximum Gasteiger partial charge on any atom is 0.139 e. The fourth-order valence-electron chi connectivity index (χ4n) is 2.11. The minimum absolute atomic E-state index is 0.621. The topological polar surface area (TPSA) is 39.1 Å². The number of aromatic nitrogens is 2. The van der Waals surface area contributed by atoms with Crippen molar-refractivity contribution in [1.82, 2.24) is 9.55 Å². The molecular weight excluding hydrogens is 262 g/mol. The predicted molar refractivity (Wildman–Crippen MR) is 75.8 cm³/mol. The van der Waals surface area contributed by atoms with Crippen LogP contribution in [0.15, 0.2) is 30.7 Å². The van der Waals surface area contributed by atoms with Crippen molar-refractivity contribution < 1.29 is 4.74 Å². The summed E-state index contributed by atoms with van der Waals surface area (Å²) in [6, 6.07) is 6.34. The molecule has 0 spiro atoms. The molecule has 1 fully saturated rings. The first-order valence-electron chi connectivity index (χ1n) is 6.36. The third kappa shape index (κ3) is 2.68. The molecule has 1 heterocycles. The monoisotopic (exact) mass is 277 g/mol. The number of benzene rings is 1. The van der Waals surface area contributed by atoms with Crippen molar-refractivity contribution >= 4 is 17.3 Å². The normalized spacial score (nSPS) is 14.4. The van der Waals surface area contributed by atoms with Crippen molar-refractivity contribution in [3.8, 4) is 5.75 Å². The van der Waals surface area contributed by atoms with Crippen LogP contribution in [-0.4, -0.2) is 16.7 Å². The van der Waals surface area contributed by atoms with Gasteiger partial charge in [-0.25, -0.2) is 4.98 Å². The molecule has 0 aliphatic heterocycles. The van der Waals surface area contributed by atoms with E-state index in [0.717, 1.165) is 12.2 Å². The molecule has 1 aromatic carbocycles. The number of anilines is 1. The first-order valence-corrected chi connectivity index (χ1v) is 6.74. The maximum atomic E-state index is 6.00. The van der Waals surface area contributed by atoms with Crippen molar-refractivity contribution in [1.29, 1.82) is 0 Å². The lowest BCUT2D eigenvalue weighted by Crippen LogP contribution is -2.06. The molecule has 1 N–H and O–H groups in total. The Kier molecular flexibility index (Phi) is 3.34. The highest BCUT2D eigenvalue weighted by Crippen LogP contribution is 2.35. The fourth-order valence-corrected chi connectivity index (χ4v) is 2.31. The minimum atomic E-state index is 0.621. The summed E-state index contributed by atoms with van der Waals surface area (Å²) in [6.07, 6.45) is 6.35. The van der Waals surface area contributed by atoms with Crippen molar-refractivity contribution in [3.63, 3.8) is 0 Å². The number of imidazole rings is 1. The summed E-state index contributed by atoms with van der Waals surface area (Å²) in [5.74, 6) is 0.683. The quantitative estimate of drug-likeness (QED) is 0.909. The zero-order valence-electron chi connectivity index (χ0n) is 10.8. The van der Waals surface area contributed by atoms with Gasteiger partial charge in [-0.3, -0.25) is 0 Å². The lowest BCUT2D eigenvalue weighted by Gasteiger charge is -2.11. The molecule has 4 nitrogen and oxygen atoms in total. The Morgan fingerprint density at radius 1 is 1.47 bits per heavy atom. The van der Waals surface area contributed by atoms with Crippen LogP contribution in [0.2, 0.25) is 5.02 Å². The van der Waals surface area contributed by atoms with E-state index in [4.69, 9.17) is 16.3 Å². The van der Waals surface area contributed by atoms with Crippen LogP contribution in [0.4, 0.5) is 5.69 Å². The van der Waals surface area contributed by atoms with Crippen molar-refractivity contribution in [3.05, 3.63) is 41.4 Å². The number of hydrogen-bond donors (Lipinski definition) is 1. The summed E-state index contributed by atoms with van der Waals surface area (Å²) in [7, 11) is 1.62. The first-order chi connectivity index (χ1) is 9.28. The van der Waals surface area contributed by atoms with Gasteiger partial charge in [0, 0.05) is 24.0 Å². The van der Waals surface area contributed by atoms with E-state index in [-0.39, 0.29) is 0 Å². The molecule has 1 aliphatic carbocycles.